The van der Waals surface area contributed by atoms with Crippen molar-refractivity contribution in [2.24, 2.45) is 11.3 Å². The van der Waals surface area contributed by atoms with Crippen LogP contribution in [-0.2, 0) is 4.79 Å². The summed E-state index contributed by atoms with van der Waals surface area (Å²) in [5, 5.41) is 0. The molecule has 2 heteroatoms. The number of amides is 1. The highest BCUT2D eigenvalue weighted by molar-refractivity contribution is 5.76. The normalized spacial score (nSPS) is 19.2. The fourth-order valence-corrected chi connectivity index (χ4v) is 1.45. The fourth-order valence-electron chi connectivity index (χ4n) is 1.45. The SMILES string of the molecule is CCC(=O)N1CC(C(C)(C)C)C1. The minimum Gasteiger partial charge on any atom is -0.342 e. The van der Waals surface area contributed by atoms with Crippen LogP contribution in [0.5, 0.6) is 0 Å². The van der Waals surface area contributed by atoms with Crippen LogP contribution in [-0.4, -0.2) is 23.9 Å². The van der Waals surface area contributed by atoms with E-state index >= 15 is 0 Å². The molecule has 0 spiro atoms. The molecule has 70 valence electrons. The van der Waals surface area contributed by atoms with Crippen LogP contribution in [0.4, 0.5) is 0 Å². The Kier molecular flexibility index (Phi) is 2.45. The molecule has 0 unspecified atom stereocenters. The largest absolute Gasteiger partial charge is 0.342 e. The van der Waals surface area contributed by atoms with Crippen molar-refractivity contribution in [2.75, 3.05) is 13.1 Å². The molecule has 0 N–H and O–H groups in total. The first kappa shape index (κ1) is 9.56. The van der Waals surface area contributed by atoms with Crippen LogP contribution in [0.15, 0.2) is 0 Å². The Morgan fingerprint density at radius 1 is 1.42 bits per heavy atom. The Balaban J connectivity index is 2.34. The predicted molar refractivity (Wildman–Crippen MR) is 49.8 cm³/mol. The number of likely N-dealkylation sites (tertiary alicyclic amines) is 1. The Bertz CT molecular complexity index is 175. The van der Waals surface area contributed by atoms with E-state index in [0.717, 1.165) is 13.1 Å². The topological polar surface area (TPSA) is 20.3 Å². The molecule has 0 saturated carbocycles. The van der Waals surface area contributed by atoms with Crippen molar-refractivity contribution in [1.29, 1.82) is 0 Å². The second-order valence-electron chi connectivity index (χ2n) is 4.72. The lowest BCUT2D eigenvalue weighted by molar-refractivity contribution is -0.139. The number of hydrogen-bond donors (Lipinski definition) is 0. The van der Waals surface area contributed by atoms with Gasteiger partial charge in [0.15, 0.2) is 0 Å². The lowest BCUT2D eigenvalue weighted by Gasteiger charge is -2.46. The summed E-state index contributed by atoms with van der Waals surface area (Å²) in [7, 11) is 0. The van der Waals surface area contributed by atoms with Gasteiger partial charge in [-0.25, -0.2) is 0 Å². The first-order chi connectivity index (χ1) is 5.45. The fraction of sp³-hybridized carbons (Fsp3) is 0.900. The van der Waals surface area contributed by atoms with E-state index in [0.29, 0.717) is 23.7 Å². The average molecular weight is 169 g/mol. The van der Waals surface area contributed by atoms with Crippen LogP contribution in [0.2, 0.25) is 0 Å². The average Bonchev–Trinajstić information content (AvgIpc) is 1.80. The van der Waals surface area contributed by atoms with Crippen molar-refractivity contribution in [3.8, 4) is 0 Å². The van der Waals surface area contributed by atoms with Crippen molar-refractivity contribution in [1.82, 2.24) is 4.90 Å². The summed E-state index contributed by atoms with van der Waals surface area (Å²) in [5.41, 5.74) is 0.366. The van der Waals surface area contributed by atoms with Crippen molar-refractivity contribution in [3.63, 3.8) is 0 Å². The number of hydrogen-bond acceptors (Lipinski definition) is 1. The van der Waals surface area contributed by atoms with E-state index in [4.69, 9.17) is 0 Å². The first-order valence-electron chi connectivity index (χ1n) is 4.73. The number of carbonyl (C=O) groups is 1. The highest BCUT2D eigenvalue weighted by atomic mass is 16.2. The van der Waals surface area contributed by atoms with Gasteiger partial charge in [0, 0.05) is 19.5 Å². The molecule has 1 heterocycles. The highest BCUT2D eigenvalue weighted by Crippen LogP contribution is 2.33. The molecule has 0 radical (unpaired) electrons. The van der Waals surface area contributed by atoms with E-state index < -0.39 is 0 Å². The van der Waals surface area contributed by atoms with E-state index in [9.17, 15) is 4.79 Å². The zero-order valence-corrected chi connectivity index (χ0v) is 8.55. The molecule has 0 aliphatic carbocycles. The molecule has 1 aliphatic heterocycles. The monoisotopic (exact) mass is 169 g/mol. The molecule has 0 bridgehead atoms. The van der Waals surface area contributed by atoms with Gasteiger partial charge in [-0.05, 0) is 11.3 Å². The van der Waals surface area contributed by atoms with E-state index in [1.807, 2.05) is 11.8 Å². The van der Waals surface area contributed by atoms with Gasteiger partial charge in [0.2, 0.25) is 5.91 Å². The van der Waals surface area contributed by atoms with Crippen molar-refractivity contribution >= 4 is 5.91 Å². The molecule has 0 aromatic carbocycles. The minimum absolute atomic E-state index is 0.301. The molecule has 0 atom stereocenters. The first-order valence-corrected chi connectivity index (χ1v) is 4.73. The third-order valence-electron chi connectivity index (χ3n) is 2.76. The summed E-state index contributed by atoms with van der Waals surface area (Å²) in [5.74, 6) is 1.00. The second kappa shape index (κ2) is 3.08. The van der Waals surface area contributed by atoms with Gasteiger partial charge >= 0.3 is 0 Å². The summed E-state index contributed by atoms with van der Waals surface area (Å²) in [6.07, 6.45) is 0.650. The van der Waals surface area contributed by atoms with Gasteiger partial charge in [0.25, 0.3) is 0 Å². The quantitative estimate of drug-likeness (QED) is 0.587. The van der Waals surface area contributed by atoms with Crippen molar-refractivity contribution in [2.45, 2.75) is 34.1 Å². The van der Waals surface area contributed by atoms with E-state index in [-0.39, 0.29) is 0 Å². The molecule has 0 aromatic heterocycles. The third-order valence-corrected chi connectivity index (χ3v) is 2.76. The summed E-state index contributed by atoms with van der Waals surface area (Å²) in [6.45, 7) is 10.6. The molecule has 0 aromatic rings. The van der Waals surface area contributed by atoms with E-state index in [1.165, 1.54) is 0 Å². The Morgan fingerprint density at radius 3 is 2.25 bits per heavy atom. The van der Waals surface area contributed by atoms with Gasteiger partial charge in [-0.15, -0.1) is 0 Å². The van der Waals surface area contributed by atoms with Crippen LogP contribution in [0, 0.1) is 11.3 Å². The number of nitrogens with zero attached hydrogens (tertiary/aromatic N) is 1. The van der Waals surface area contributed by atoms with Crippen molar-refractivity contribution < 1.29 is 4.79 Å². The van der Waals surface area contributed by atoms with Crippen LogP contribution in [0.1, 0.15) is 34.1 Å². The molecule has 1 rings (SSSR count). The van der Waals surface area contributed by atoms with Crippen LogP contribution in [0.25, 0.3) is 0 Å². The van der Waals surface area contributed by atoms with E-state index in [1.54, 1.807) is 0 Å². The molecule has 1 saturated heterocycles. The smallest absolute Gasteiger partial charge is 0.222 e. The maximum atomic E-state index is 11.2. The second-order valence-corrected chi connectivity index (χ2v) is 4.72. The Labute approximate surface area is 74.9 Å². The number of rotatable bonds is 1. The summed E-state index contributed by atoms with van der Waals surface area (Å²) >= 11 is 0. The summed E-state index contributed by atoms with van der Waals surface area (Å²) < 4.78 is 0. The standard InChI is InChI=1S/C10H19NO/c1-5-9(12)11-6-8(7-11)10(2,3)4/h8H,5-7H2,1-4H3. The maximum Gasteiger partial charge on any atom is 0.222 e. The maximum absolute atomic E-state index is 11.2. The zero-order chi connectivity index (χ0) is 9.35. The highest BCUT2D eigenvalue weighted by Gasteiger charge is 2.37. The van der Waals surface area contributed by atoms with Gasteiger partial charge in [0.1, 0.15) is 0 Å². The summed E-state index contributed by atoms with van der Waals surface area (Å²) in [4.78, 5) is 13.1. The lowest BCUT2D eigenvalue weighted by atomic mass is 9.76. The lowest BCUT2D eigenvalue weighted by Crippen LogP contribution is -2.54. The van der Waals surface area contributed by atoms with Gasteiger partial charge in [-0.2, -0.15) is 0 Å². The minimum atomic E-state index is 0.301. The third kappa shape index (κ3) is 1.79. The number of carbonyl (C=O) groups excluding carboxylic acids is 1. The van der Waals surface area contributed by atoms with Gasteiger partial charge in [-0.1, -0.05) is 27.7 Å². The summed E-state index contributed by atoms with van der Waals surface area (Å²) in [6, 6.07) is 0. The van der Waals surface area contributed by atoms with Crippen LogP contribution in [0.3, 0.4) is 0 Å². The van der Waals surface area contributed by atoms with Crippen LogP contribution >= 0.6 is 0 Å². The van der Waals surface area contributed by atoms with Gasteiger partial charge in [0.05, 0.1) is 0 Å². The molecule has 1 amide bonds. The Morgan fingerprint density at radius 2 is 1.92 bits per heavy atom. The van der Waals surface area contributed by atoms with Crippen molar-refractivity contribution in [3.05, 3.63) is 0 Å². The zero-order valence-electron chi connectivity index (χ0n) is 8.55. The van der Waals surface area contributed by atoms with Gasteiger partial charge < -0.3 is 4.90 Å². The Hall–Kier alpha value is -0.530. The molecule has 1 fully saturated rings. The molecule has 12 heavy (non-hydrogen) atoms. The molecular formula is C10H19NO. The van der Waals surface area contributed by atoms with Gasteiger partial charge in [-0.3, -0.25) is 4.79 Å². The molecule has 1 aliphatic rings. The molecular weight excluding hydrogens is 150 g/mol. The molecule has 2 nitrogen and oxygen atoms in total. The van der Waals surface area contributed by atoms with Crippen LogP contribution < -0.4 is 0 Å². The predicted octanol–water partition coefficient (Wildman–Crippen LogP) is 1.90. The van der Waals surface area contributed by atoms with E-state index in [2.05, 4.69) is 20.8 Å².